The third kappa shape index (κ3) is 5.14. The minimum atomic E-state index is -4.17. The quantitative estimate of drug-likeness (QED) is 0.821. The van der Waals surface area contributed by atoms with Crippen LogP contribution in [0.5, 0.6) is 0 Å². The molecule has 136 valence electrons. The topological polar surface area (TPSA) is 67.9 Å². The highest BCUT2D eigenvalue weighted by molar-refractivity contribution is 5.31. The van der Waals surface area contributed by atoms with Gasteiger partial charge >= 0.3 is 6.18 Å². The van der Waals surface area contributed by atoms with E-state index in [9.17, 15) is 13.2 Å². The highest BCUT2D eigenvalue weighted by Crippen LogP contribution is 2.24. The van der Waals surface area contributed by atoms with Crippen LogP contribution in [0, 0.1) is 12.8 Å². The summed E-state index contributed by atoms with van der Waals surface area (Å²) in [5, 5.41) is 3.92. The predicted molar refractivity (Wildman–Crippen MR) is 84.1 cm³/mol. The van der Waals surface area contributed by atoms with Crippen LogP contribution >= 0.6 is 0 Å². The average molecular weight is 355 g/mol. The standard InChI is InChI=1S/C16H20F3N5O/c1-11-21-14(23-25-11)10-12-4-8-24(9-5-12)15-20-7-3-13(22-15)2-6-16(17,18)19/h3,7,12H,2,4-6,8-10H2,1H3. The van der Waals surface area contributed by atoms with Crippen LogP contribution in [-0.4, -0.2) is 39.4 Å². The van der Waals surface area contributed by atoms with E-state index >= 15 is 0 Å². The smallest absolute Gasteiger partial charge is 0.341 e. The second kappa shape index (κ2) is 7.37. The Hall–Kier alpha value is -2.19. The third-order valence-electron chi connectivity index (χ3n) is 4.30. The molecule has 3 rings (SSSR count). The first kappa shape index (κ1) is 17.6. The lowest BCUT2D eigenvalue weighted by Crippen LogP contribution is -2.35. The number of nitrogens with zero attached hydrogens (tertiary/aromatic N) is 5. The Labute approximate surface area is 143 Å². The van der Waals surface area contributed by atoms with Crippen LogP contribution in [0.25, 0.3) is 0 Å². The zero-order valence-corrected chi connectivity index (χ0v) is 14.0. The van der Waals surface area contributed by atoms with Crippen molar-refractivity contribution >= 4 is 5.95 Å². The van der Waals surface area contributed by atoms with Crippen molar-refractivity contribution in [2.75, 3.05) is 18.0 Å². The van der Waals surface area contributed by atoms with Gasteiger partial charge in [0.25, 0.3) is 0 Å². The van der Waals surface area contributed by atoms with Gasteiger partial charge in [0.1, 0.15) is 0 Å². The van der Waals surface area contributed by atoms with Gasteiger partial charge in [-0.05, 0) is 31.2 Å². The van der Waals surface area contributed by atoms with E-state index < -0.39 is 12.6 Å². The molecule has 9 heteroatoms. The first-order valence-corrected chi connectivity index (χ1v) is 8.32. The second-order valence-electron chi connectivity index (χ2n) is 6.33. The summed E-state index contributed by atoms with van der Waals surface area (Å²) in [6, 6.07) is 1.54. The lowest BCUT2D eigenvalue weighted by atomic mass is 9.93. The number of alkyl halides is 3. The summed E-state index contributed by atoms with van der Waals surface area (Å²) in [5.74, 6) is 2.26. The van der Waals surface area contributed by atoms with Crippen molar-refractivity contribution in [3.8, 4) is 0 Å². The van der Waals surface area contributed by atoms with E-state index in [2.05, 4.69) is 20.1 Å². The molecule has 0 unspecified atom stereocenters. The largest absolute Gasteiger partial charge is 0.389 e. The summed E-state index contributed by atoms with van der Waals surface area (Å²) in [7, 11) is 0. The highest BCUT2D eigenvalue weighted by atomic mass is 19.4. The number of piperidine rings is 1. The van der Waals surface area contributed by atoms with Crippen LogP contribution in [0.15, 0.2) is 16.8 Å². The number of hydrogen-bond acceptors (Lipinski definition) is 6. The number of hydrogen-bond donors (Lipinski definition) is 0. The van der Waals surface area contributed by atoms with Gasteiger partial charge in [0, 0.05) is 44.7 Å². The predicted octanol–water partition coefficient (Wildman–Crippen LogP) is 3.12. The first-order chi connectivity index (χ1) is 11.9. The molecular weight excluding hydrogens is 335 g/mol. The molecule has 25 heavy (non-hydrogen) atoms. The fraction of sp³-hybridized carbons (Fsp3) is 0.625. The molecule has 0 N–H and O–H groups in total. The zero-order chi connectivity index (χ0) is 17.9. The summed E-state index contributed by atoms with van der Waals surface area (Å²) in [4.78, 5) is 14.7. The van der Waals surface area contributed by atoms with Crippen LogP contribution < -0.4 is 4.90 Å². The molecule has 0 amide bonds. The maximum absolute atomic E-state index is 12.3. The van der Waals surface area contributed by atoms with Crippen molar-refractivity contribution in [3.05, 3.63) is 29.7 Å². The number of rotatable bonds is 5. The molecule has 2 aromatic rings. The van der Waals surface area contributed by atoms with E-state index in [1.165, 1.54) is 6.20 Å². The van der Waals surface area contributed by atoms with Crippen LogP contribution in [0.1, 0.15) is 36.7 Å². The van der Waals surface area contributed by atoms with Crippen molar-refractivity contribution in [1.82, 2.24) is 20.1 Å². The van der Waals surface area contributed by atoms with Crippen LogP contribution in [0.2, 0.25) is 0 Å². The molecule has 0 radical (unpaired) electrons. The Morgan fingerprint density at radius 1 is 1.24 bits per heavy atom. The normalized spacial score (nSPS) is 16.4. The minimum Gasteiger partial charge on any atom is -0.341 e. The van der Waals surface area contributed by atoms with Crippen molar-refractivity contribution in [2.45, 2.75) is 45.2 Å². The van der Waals surface area contributed by atoms with Crippen molar-refractivity contribution in [3.63, 3.8) is 0 Å². The fourth-order valence-corrected chi connectivity index (χ4v) is 2.97. The Morgan fingerprint density at radius 2 is 2.00 bits per heavy atom. The Balaban J connectivity index is 1.54. The number of halogens is 3. The lowest BCUT2D eigenvalue weighted by Gasteiger charge is -2.31. The monoisotopic (exact) mass is 355 g/mol. The molecule has 0 aliphatic carbocycles. The molecule has 1 fully saturated rings. The Bertz CT molecular complexity index is 695. The van der Waals surface area contributed by atoms with Gasteiger partial charge < -0.3 is 9.42 Å². The molecule has 6 nitrogen and oxygen atoms in total. The second-order valence-corrected chi connectivity index (χ2v) is 6.33. The summed E-state index contributed by atoms with van der Waals surface area (Å²) >= 11 is 0. The molecular formula is C16H20F3N5O. The number of aryl methyl sites for hydroxylation is 2. The molecule has 1 aliphatic rings. The van der Waals surface area contributed by atoms with Crippen LogP contribution in [-0.2, 0) is 12.8 Å². The molecule has 3 heterocycles. The van der Waals surface area contributed by atoms with Gasteiger partial charge in [-0.1, -0.05) is 5.16 Å². The van der Waals surface area contributed by atoms with Gasteiger partial charge in [-0.3, -0.25) is 0 Å². The van der Waals surface area contributed by atoms with Gasteiger partial charge in [-0.15, -0.1) is 0 Å². The van der Waals surface area contributed by atoms with Crippen molar-refractivity contribution in [1.29, 1.82) is 0 Å². The van der Waals surface area contributed by atoms with E-state index in [0.717, 1.165) is 38.2 Å². The minimum absolute atomic E-state index is 0.118. The van der Waals surface area contributed by atoms with Crippen molar-refractivity contribution < 1.29 is 17.7 Å². The molecule has 1 saturated heterocycles. The van der Waals surface area contributed by atoms with Crippen LogP contribution in [0.3, 0.4) is 0 Å². The molecule has 0 atom stereocenters. The fourth-order valence-electron chi connectivity index (χ4n) is 2.97. The summed E-state index contributed by atoms with van der Waals surface area (Å²) in [6.07, 6.45) is -0.980. The molecule has 1 aliphatic heterocycles. The van der Waals surface area contributed by atoms with Gasteiger partial charge in [0.2, 0.25) is 11.8 Å². The van der Waals surface area contributed by atoms with Crippen LogP contribution in [0.4, 0.5) is 19.1 Å². The van der Waals surface area contributed by atoms with E-state index in [4.69, 9.17) is 4.52 Å². The lowest BCUT2D eigenvalue weighted by molar-refractivity contribution is -0.134. The maximum Gasteiger partial charge on any atom is 0.389 e. The third-order valence-corrected chi connectivity index (χ3v) is 4.30. The van der Waals surface area contributed by atoms with E-state index in [1.54, 1.807) is 13.0 Å². The SMILES string of the molecule is Cc1nc(CC2CCN(c3nccc(CCC(F)(F)F)n3)CC2)no1. The number of anilines is 1. The molecule has 0 spiro atoms. The average Bonchev–Trinajstić information content (AvgIpc) is 2.98. The van der Waals surface area contributed by atoms with Gasteiger partial charge in [-0.25, -0.2) is 9.97 Å². The zero-order valence-electron chi connectivity index (χ0n) is 14.0. The number of aromatic nitrogens is 4. The molecule has 0 saturated carbocycles. The summed E-state index contributed by atoms with van der Waals surface area (Å²) < 4.78 is 42.0. The molecule has 2 aromatic heterocycles. The highest BCUT2D eigenvalue weighted by Gasteiger charge is 2.27. The van der Waals surface area contributed by atoms with Crippen molar-refractivity contribution in [2.24, 2.45) is 5.92 Å². The maximum atomic E-state index is 12.3. The van der Waals surface area contributed by atoms with E-state index in [0.29, 0.717) is 23.5 Å². The van der Waals surface area contributed by atoms with E-state index in [1.807, 2.05) is 4.90 Å². The summed E-state index contributed by atoms with van der Waals surface area (Å²) in [6.45, 7) is 3.30. The molecule has 0 aromatic carbocycles. The van der Waals surface area contributed by atoms with Gasteiger partial charge in [0.05, 0.1) is 0 Å². The van der Waals surface area contributed by atoms with Gasteiger partial charge in [-0.2, -0.15) is 18.2 Å². The Kier molecular flexibility index (Phi) is 5.19. The molecule has 0 bridgehead atoms. The van der Waals surface area contributed by atoms with Gasteiger partial charge in [0.15, 0.2) is 5.82 Å². The first-order valence-electron chi connectivity index (χ1n) is 8.32. The Morgan fingerprint density at radius 3 is 2.64 bits per heavy atom. The summed E-state index contributed by atoms with van der Waals surface area (Å²) in [5.41, 5.74) is 0.423. The van der Waals surface area contributed by atoms with E-state index in [-0.39, 0.29) is 6.42 Å².